The number of thioether (sulfide) groups is 1. The molecular weight excluding hydrogens is 536 g/mol. The maximum Gasteiger partial charge on any atom is 0.271 e. The quantitative estimate of drug-likeness (QED) is 0.284. The van der Waals surface area contributed by atoms with Gasteiger partial charge in [-0.3, -0.25) is 9.36 Å². The molecule has 3 nitrogen and oxygen atoms in total. The largest absolute Gasteiger partial charge is 0.272 e. The molecule has 2 heterocycles. The summed E-state index contributed by atoms with van der Waals surface area (Å²) in [4.78, 5) is 20.9. The summed E-state index contributed by atoms with van der Waals surface area (Å²) in [5.74, 6) is 0. The third-order valence-corrected chi connectivity index (χ3v) is 9.38. The molecule has 1 aliphatic carbocycles. The van der Waals surface area contributed by atoms with Gasteiger partial charge in [0, 0.05) is 14.9 Å². The summed E-state index contributed by atoms with van der Waals surface area (Å²) < 4.78 is 3.66. The third kappa shape index (κ3) is 3.98. The number of benzene rings is 3. The van der Waals surface area contributed by atoms with Crippen LogP contribution in [0, 0.1) is 6.92 Å². The molecule has 0 fully saturated rings. The Balaban J connectivity index is 1.60. The van der Waals surface area contributed by atoms with E-state index in [2.05, 4.69) is 95.8 Å². The Bertz CT molecular complexity index is 1680. The van der Waals surface area contributed by atoms with Crippen molar-refractivity contribution in [3.8, 4) is 0 Å². The molecule has 1 aromatic heterocycles. The van der Waals surface area contributed by atoms with Gasteiger partial charge in [-0.1, -0.05) is 75.8 Å². The molecule has 35 heavy (non-hydrogen) atoms. The molecule has 0 N–H and O–H groups in total. The Hall–Kier alpha value is -2.67. The van der Waals surface area contributed by atoms with Crippen LogP contribution in [0.1, 0.15) is 40.3 Å². The lowest BCUT2D eigenvalue weighted by atomic mass is 9.83. The first-order valence-electron chi connectivity index (χ1n) is 11.6. The Morgan fingerprint density at radius 2 is 1.89 bits per heavy atom. The zero-order valence-corrected chi connectivity index (χ0v) is 22.6. The second kappa shape index (κ2) is 9.08. The molecule has 0 saturated carbocycles. The summed E-state index contributed by atoms with van der Waals surface area (Å²) in [5.41, 5.74) is 8.13. The second-order valence-electron chi connectivity index (χ2n) is 8.90. The van der Waals surface area contributed by atoms with Crippen molar-refractivity contribution in [3.05, 3.63) is 124 Å². The highest BCUT2D eigenvalue weighted by atomic mass is 79.9. The fourth-order valence-corrected chi connectivity index (χ4v) is 6.76. The predicted octanol–water partition coefficient (Wildman–Crippen LogP) is 6.11. The number of fused-ring (bicyclic) bond motifs is 3. The first-order chi connectivity index (χ1) is 17.0. The van der Waals surface area contributed by atoms with Crippen molar-refractivity contribution in [1.82, 2.24) is 4.57 Å². The van der Waals surface area contributed by atoms with Crippen LogP contribution >= 0.6 is 39.0 Å². The van der Waals surface area contributed by atoms with E-state index in [9.17, 15) is 4.79 Å². The number of hydrogen-bond donors (Lipinski definition) is 0. The summed E-state index contributed by atoms with van der Waals surface area (Å²) in [6.45, 7) is 2.06. The number of halogens is 1. The van der Waals surface area contributed by atoms with Crippen LogP contribution in [0.2, 0.25) is 0 Å². The fraction of sp³-hybridized carbons (Fsp3) is 0.172. The van der Waals surface area contributed by atoms with Gasteiger partial charge in [-0.15, -0.1) is 11.8 Å². The first-order valence-corrected chi connectivity index (χ1v) is 14.4. The van der Waals surface area contributed by atoms with Gasteiger partial charge in [0.15, 0.2) is 4.80 Å². The molecule has 2 aliphatic rings. The number of allylic oxidation sites excluding steroid dienone is 1. The van der Waals surface area contributed by atoms with Crippen molar-refractivity contribution < 1.29 is 0 Å². The molecule has 0 radical (unpaired) electrons. The first kappa shape index (κ1) is 22.8. The topological polar surface area (TPSA) is 34.4 Å². The Morgan fingerprint density at radius 3 is 2.66 bits per heavy atom. The predicted molar refractivity (Wildman–Crippen MR) is 150 cm³/mol. The van der Waals surface area contributed by atoms with Crippen LogP contribution in [0.3, 0.4) is 0 Å². The minimum atomic E-state index is -0.141. The van der Waals surface area contributed by atoms with Crippen molar-refractivity contribution in [1.29, 1.82) is 0 Å². The molecule has 0 amide bonds. The average molecular weight is 560 g/mol. The lowest BCUT2D eigenvalue weighted by molar-refractivity contribution is 0.585. The molecule has 6 rings (SSSR count). The zero-order chi connectivity index (χ0) is 24.1. The Morgan fingerprint density at radius 1 is 1.09 bits per heavy atom. The van der Waals surface area contributed by atoms with Gasteiger partial charge in [0.2, 0.25) is 0 Å². The van der Waals surface area contributed by atoms with E-state index in [0.717, 1.165) is 38.9 Å². The third-order valence-electron chi connectivity index (χ3n) is 6.80. The summed E-state index contributed by atoms with van der Waals surface area (Å²) in [7, 11) is 0. The number of nitrogens with zero attached hydrogens (tertiary/aromatic N) is 2. The van der Waals surface area contributed by atoms with E-state index in [1.165, 1.54) is 38.5 Å². The van der Waals surface area contributed by atoms with Crippen LogP contribution in [0.15, 0.2) is 91.5 Å². The van der Waals surface area contributed by atoms with Crippen LogP contribution in [-0.4, -0.2) is 10.8 Å². The van der Waals surface area contributed by atoms with Gasteiger partial charge in [0.05, 0.1) is 16.3 Å². The van der Waals surface area contributed by atoms with Crippen molar-refractivity contribution in [2.45, 2.75) is 30.7 Å². The van der Waals surface area contributed by atoms with Crippen molar-refractivity contribution in [3.63, 3.8) is 0 Å². The van der Waals surface area contributed by atoms with Crippen LogP contribution in [-0.2, 0) is 6.42 Å². The van der Waals surface area contributed by atoms with Crippen LogP contribution < -0.4 is 14.9 Å². The van der Waals surface area contributed by atoms with E-state index in [1.54, 1.807) is 11.8 Å². The van der Waals surface area contributed by atoms with E-state index in [1.807, 2.05) is 10.6 Å². The average Bonchev–Trinajstić information content (AvgIpc) is 3.19. The van der Waals surface area contributed by atoms with Gasteiger partial charge in [0.25, 0.3) is 5.56 Å². The number of thiazole rings is 1. The Labute approximate surface area is 220 Å². The SMILES string of the molecule is CSc1ccc(C2C3=C(N=c4sc(=Cc5ccc(C)c(Br)c5)c(=O)n42)c2ccccc2CC3)cc1. The normalized spacial score (nSPS) is 17.0. The summed E-state index contributed by atoms with van der Waals surface area (Å²) in [5, 5.41) is 0. The lowest BCUT2D eigenvalue weighted by Gasteiger charge is -2.30. The highest BCUT2D eigenvalue weighted by Crippen LogP contribution is 2.41. The van der Waals surface area contributed by atoms with E-state index in [-0.39, 0.29) is 11.6 Å². The molecule has 1 unspecified atom stereocenters. The van der Waals surface area contributed by atoms with E-state index in [4.69, 9.17) is 4.99 Å². The number of aryl methyl sites for hydroxylation is 2. The van der Waals surface area contributed by atoms with E-state index >= 15 is 0 Å². The summed E-state index contributed by atoms with van der Waals surface area (Å²) >= 11 is 6.82. The minimum Gasteiger partial charge on any atom is -0.272 e. The molecular formula is C29H23BrN2OS2. The standard InChI is InChI=1S/C29H23BrN2OS2/c1-17-7-8-18(15-24(17)30)16-25-28(33)32-27(20-9-12-21(34-2)13-10-20)23-14-11-19-5-3-4-6-22(19)26(23)31-29(32)35-25/h3-10,12-13,15-16,27H,11,14H2,1-2H3. The molecule has 0 saturated heterocycles. The summed E-state index contributed by atoms with van der Waals surface area (Å²) in [6.07, 6.45) is 5.93. The summed E-state index contributed by atoms with van der Waals surface area (Å²) in [6, 6.07) is 23.2. The van der Waals surface area contributed by atoms with Gasteiger partial charge < -0.3 is 0 Å². The minimum absolute atomic E-state index is 0.0230. The maximum absolute atomic E-state index is 13.8. The smallest absolute Gasteiger partial charge is 0.271 e. The zero-order valence-electron chi connectivity index (χ0n) is 19.4. The highest BCUT2D eigenvalue weighted by molar-refractivity contribution is 9.10. The van der Waals surface area contributed by atoms with Crippen LogP contribution in [0.5, 0.6) is 0 Å². The van der Waals surface area contributed by atoms with E-state index in [0.29, 0.717) is 4.53 Å². The highest BCUT2D eigenvalue weighted by Gasteiger charge is 2.32. The van der Waals surface area contributed by atoms with Crippen LogP contribution in [0.25, 0.3) is 11.8 Å². The second-order valence-corrected chi connectivity index (χ2v) is 11.6. The molecule has 1 atom stereocenters. The number of aromatic nitrogens is 1. The van der Waals surface area contributed by atoms with E-state index < -0.39 is 0 Å². The molecule has 3 aromatic carbocycles. The van der Waals surface area contributed by atoms with Crippen LogP contribution in [0.4, 0.5) is 0 Å². The molecule has 6 heteroatoms. The lowest BCUT2D eigenvalue weighted by Crippen LogP contribution is -2.38. The molecule has 4 aromatic rings. The molecule has 1 aliphatic heterocycles. The number of hydrogen-bond acceptors (Lipinski definition) is 4. The van der Waals surface area contributed by atoms with Gasteiger partial charge in [-0.2, -0.15) is 0 Å². The molecule has 174 valence electrons. The van der Waals surface area contributed by atoms with Crippen molar-refractivity contribution >= 4 is 50.8 Å². The van der Waals surface area contributed by atoms with Crippen molar-refractivity contribution in [2.75, 3.05) is 6.26 Å². The van der Waals surface area contributed by atoms with Gasteiger partial charge in [-0.25, -0.2) is 4.99 Å². The Kier molecular flexibility index (Phi) is 5.91. The van der Waals surface area contributed by atoms with Gasteiger partial charge in [0.1, 0.15) is 0 Å². The molecule has 0 spiro atoms. The molecule has 0 bridgehead atoms. The van der Waals surface area contributed by atoms with Crippen molar-refractivity contribution in [2.24, 2.45) is 4.99 Å². The number of rotatable bonds is 3. The van der Waals surface area contributed by atoms with Gasteiger partial charge in [-0.05, 0) is 78.1 Å². The monoisotopic (exact) mass is 558 g/mol. The van der Waals surface area contributed by atoms with Gasteiger partial charge >= 0.3 is 0 Å². The fourth-order valence-electron chi connectivity index (χ4n) is 4.96. The maximum atomic E-state index is 13.8.